The molecule has 5 aromatic heterocycles. The van der Waals surface area contributed by atoms with Crippen LogP contribution in [-0.4, -0.2) is 36.0 Å². The fourth-order valence-electron chi connectivity index (χ4n) is 3.98. The number of nitrogens with one attached hydrogen (secondary N) is 2. The molecule has 6 rings (SSSR count). The zero-order valence-corrected chi connectivity index (χ0v) is 18.3. The second kappa shape index (κ2) is 7.39. The molecule has 0 aliphatic rings. The van der Waals surface area contributed by atoms with E-state index in [4.69, 9.17) is 4.98 Å². The first-order valence-electron chi connectivity index (χ1n) is 10.3. The summed E-state index contributed by atoms with van der Waals surface area (Å²) in [6.45, 7) is 1.58. The van der Waals surface area contributed by atoms with Crippen LogP contribution in [-0.2, 0) is 0 Å². The van der Waals surface area contributed by atoms with Crippen molar-refractivity contribution in [2.24, 2.45) is 0 Å². The summed E-state index contributed by atoms with van der Waals surface area (Å²) in [5, 5.41) is 18.4. The molecule has 0 amide bonds. The number of rotatable bonds is 4. The van der Waals surface area contributed by atoms with E-state index >= 15 is 0 Å². The van der Waals surface area contributed by atoms with Gasteiger partial charge in [0.15, 0.2) is 5.78 Å². The van der Waals surface area contributed by atoms with E-state index in [0.717, 1.165) is 48.5 Å². The molecule has 0 bridgehead atoms. The topological polar surface area (TPSA) is 108 Å². The van der Waals surface area contributed by atoms with Gasteiger partial charge in [0.2, 0.25) is 0 Å². The molecule has 0 aliphatic heterocycles. The standard InChI is InChI=1S/C25H17N5O2S/c1-13(31)22-7-8-23(33-22)16-3-2-4-19-17(16)10-21(27-19)25-24-20(29-30-25)6-5-18(28-24)14-9-15(32)12-26-11-14/h2-12,27,32H,1H3,(H,29,30). The molecule has 0 atom stereocenters. The van der Waals surface area contributed by atoms with Crippen molar-refractivity contribution in [3.05, 3.63) is 71.9 Å². The molecule has 8 heteroatoms. The van der Waals surface area contributed by atoms with Crippen LogP contribution in [0.25, 0.3) is 55.0 Å². The minimum atomic E-state index is 0.0694. The Morgan fingerprint density at radius 3 is 2.76 bits per heavy atom. The van der Waals surface area contributed by atoms with Crippen LogP contribution in [0.4, 0.5) is 0 Å². The number of hydrogen-bond donors (Lipinski definition) is 3. The molecule has 0 aliphatic carbocycles. The molecule has 0 saturated carbocycles. The first-order chi connectivity index (χ1) is 16.1. The average Bonchev–Trinajstić information content (AvgIpc) is 3.55. The van der Waals surface area contributed by atoms with Crippen LogP contribution in [0.3, 0.4) is 0 Å². The van der Waals surface area contributed by atoms with Gasteiger partial charge >= 0.3 is 0 Å². The lowest BCUT2D eigenvalue weighted by Crippen LogP contribution is -1.86. The number of ketones is 1. The highest BCUT2D eigenvalue weighted by Gasteiger charge is 2.16. The fraction of sp³-hybridized carbons (Fsp3) is 0.0400. The maximum atomic E-state index is 11.8. The van der Waals surface area contributed by atoms with E-state index in [2.05, 4.69) is 32.3 Å². The summed E-state index contributed by atoms with van der Waals surface area (Å²) in [6, 6.07) is 17.4. The maximum Gasteiger partial charge on any atom is 0.169 e. The van der Waals surface area contributed by atoms with Crippen molar-refractivity contribution in [3.8, 4) is 38.8 Å². The van der Waals surface area contributed by atoms with Crippen molar-refractivity contribution in [1.82, 2.24) is 25.1 Å². The third kappa shape index (κ3) is 3.28. The number of benzene rings is 1. The van der Waals surface area contributed by atoms with E-state index in [1.807, 2.05) is 36.4 Å². The van der Waals surface area contributed by atoms with Gasteiger partial charge in [-0.15, -0.1) is 11.3 Å². The van der Waals surface area contributed by atoms with E-state index in [0.29, 0.717) is 11.4 Å². The Kier molecular flexibility index (Phi) is 4.34. The fourth-order valence-corrected chi connectivity index (χ4v) is 4.93. The number of nitrogens with zero attached hydrogens (tertiary/aromatic N) is 3. The number of carbonyl (C=O) groups is 1. The van der Waals surface area contributed by atoms with Gasteiger partial charge in [-0.3, -0.25) is 14.9 Å². The van der Waals surface area contributed by atoms with E-state index < -0.39 is 0 Å². The summed E-state index contributed by atoms with van der Waals surface area (Å²) in [4.78, 5) is 25.8. The lowest BCUT2D eigenvalue weighted by atomic mass is 10.1. The van der Waals surface area contributed by atoms with Gasteiger partial charge in [0, 0.05) is 33.1 Å². The molecule has 0 radical (unpaired) electrons. The van der Waals surface area contributed by atoms with Crippen molar-refractivity contribution in [2.75, 3.05) is 0 Å². The minimum Gasteiger partial charge on any atom is -0.506 e. The molecule has 5 heterocycles. The predicted molar refractivity (Wildman–Crippen MR) is 129 cm³/mol. The van der Waals surface area contributed by atoms with Gasteiger partial charge in [0.1, 0.15) is 17.0 Å². The summed E-state index contributed by atoms with van der Waals surface area (Å²) in [5.74, 6) is 0.159. The third-order valence-corrected chi connectivity index (χ3v) is 6.78. The number of Topliss-reactive ketones (excluding diaryl/α,β-unsaturated/α-hetero) is 1. The summed E-state index contributed by atoms with van der Waals surface area (Å²) in [5.41, 5.74) is 6.53. The van der Waals surface area contributed by atoms with Crippen LogP contribution in [0.1, 0.15) is 16.6 Å². The normalized spacial score (nSPS) is 11.4. The third-order valence-electron chi connectivity index (χ3n) is 5.56. The van der Waals surface area contributed by atoms with Crippen LogP contribution in [0, 0.1) is 0 Å². The number of H-pyrrole nitrogens is 2. The monoisotopic (exact) mass is 451 g/mol. The molecule has 1 aromatic carbocycles. The Morgan fingerprint density at radius 2 is 1.94 bits per heavy atom. The van der Waals surface area contributed by atoms with E-state index in [-0.39, 0.29) is 11.5 Å². The van der Waals surface area contributed by atoms with Gasteiger partial charge in [-0.2, -0.15) is 5.10 Å². The van der Waals surface area contributed by atoms with Crippen molar-refractivity contribution in [2.45, 2.75) is 6.92 Å². The van der Waals surface area contributed by atoms with Gasteiger partial charge in [-0.05, 0) is 49.4 Å². The molecule has 3 N–H and O–H groups in total. The van der Waals surface area contributed by atoms with E-state index in [1.165, 1.54) is 17.5 Å². The highest BCUT2D eigenvalue weighted by atomic mass is 32.1. The lowest BCUT2D eigenvalue weighted by molar-refractivity contribution is 0.102. The first kappa shape index (κ1) is 19.4. The molecule has 0 saturated heterocycles. The number of pyridine rings is 2. The average molecular weight is 452 g/mol. The molecule has 160 valence electrons. The zero-order valence-electron chi connectivity index (χ0n) is 17.5. The Hall–Kier alpha value is -4.30. The second-order valence-corrected chi connectivity index (χ2v) is 8.85. The van der Waals surface area contributed by atoms with Crippen LogP contribution < -0.4 is 0 Å². The Bertz CT molecular complexity index is 1680. The van der Waals surface area contributed by atoms with Crippen molar-refractivity contribution < 1.29 is 9.90 Å². The van der Waals surface area contributed by atoms with Crippen LogP contribution in [0.15, 0.2) is 67.0 Å². The van der Waals surface area contributed by atoms with Crippen molar-refractivity contribution >= 4 is 39.1 Å². The number of hydrogen-bond acceptors (Lipinski definition) is 6. The molecule has 33 heavy (non-hydrogen) atoms. The highest BCUT2D eigenvalue weighted by molar-refractivity contribution is 7.17. The van der Waals surface area contributed by atoms with Crippen molar-refractivity contribution in [3.63, 3.8) is 0 Å². The van der Waals surface area contributed by atoms with Crippen LogP contribution in [0.2, 0.25) is 0 Å². The van der Waals surface area contributed by atoms with Crippen LogP contribution >= 0.6 is 11.3 Å². The lowest BCUT2D eigenvalue weighted by Gasteiger charge is -2.01. The predicted octanol–water partition coefficient (Wildman–Crippen LogP) is 5.80. The SMILES string of the molecule is CC(=O)c1ccc(-c2cccc3[nH]c(-c4n[nH]c5ccc(-c6cncc(O)c6)nc45)cc23)s1. The number of fused-ring (bicyclic) bond motifs is 2. The molecule has 0 spiro atoms. The number of aromatic nitrogens is 5. The highest BCUT2D eigenvalue weighted by Crippen LogP contribution is 2.37. The molecular weight excluding hydrogens is 434 g/mol. The molecule has 0 unspecified atom stereocenters. The molecule has 6 aromatic rings. The largest absolute Gasteiger partial charge is 0.506 e. The van der Waals surface area contributed by atoms with Gasteiger partial charge in [-0.25, -0.2) is 4.98 Å². The Balaban J connectivity index is 1.48. The minimum absolute atomic E-state index is 0.0694. The van der Waals surface area contributed by atoms with Crippen LogP contribution in [0.5, 0.6) is 5.75 Å². The van der Waals surface area contributed by atoms with Gasteiger partial charge in [-0.1, -0.05) is 12.1 Å². The number of aromatic hydroxyl groups is 1. The maximum absolute atomic E-state index is 11.8. The van der Waals surface area contributed by atoms with Gasteiger partial charge in [0.25, 0.3) is 0 Å². The van der Waals surface area contributed by atoms with Gasteiger partial charge in [0.05, 0.1) is 28.0 Å². The smallest absolute Gasteiger partial charge is 0.169 e. The number of aromatic amines is 2. The second-order valence-electron chi connectivity index (χ2n) is 7.77. The molecule has 7 nitrogen and oxygen atoms in total. The molecular formula is C25H17N5O2S. The first-order valence-corrected chi connectivity index (χ1v) is 11.1. The quantitative estimate of drug-likeness (QED) is 0.293. The van der Waals surface area contributed by atoms with E-state index in [9.17, 15) is 9.90 Å². The Morgan fingerprint density at radius 1 is 1.03 bits per heavy atom. The van der Waals surface area contributed by atoms with Crippen molar-refractivity contribution in [1.29, 1.82) is 0 Å². The van der Waals surface area contributed by atoms with E-state index in [1.54, 1.807) is 19.2 Å². The summed E-state index contributed by atoms with van der Waals surface area (Å²) in [7, 11) is 0. The number of carbonyl (C=O) groups excluding carboxylic acids is 1. The number of thiophene rings is 1. The Labute approximate surface area is 191 Å². The summed E-state index contributed by atoms with van der Waals surface area (Å²) >= 11 is 1.50. The summed E-state index contributed by atoms with van der Waals surface area (Å²) in [6.07, 6.45) is 3.06. The van der Waals surface area contributed by atoms with Gasteiger partial charge < -0.3 is 10.1 Å². The molecule has 0 fully saturated rings. The zero-order chi connectivity index (χ0) is 22.5. The summed E-state index contributed by atoms with van der Waals surface area (Å²) < 4.78 is 0.